The van der Waals surface area contributed by atoms with E-state index in [4.69, 9.17) is 5.73 Å². The van der Waals surface area contributed by atoms with E-state index >= 15 is 0 Å². The molecule has 0 saturated carbocycles. The Morgan fingerprint density at radius 3 is 2.59 bits per heavy atom. The first-order valence-corrected chi connectivity index (χ1v) is 12.1. The van der Waals surface area contributed by atoms with Gasteiger partial charge in [0.25, 0.3) is 5.91 Å². The third-order valence-electron chi connectivity index (χ3n) is 4.68. The number of rotatable bonds is 9. The summed E-state index contributed by atoms with van der Waals surface area (Å²) in [5.41, 5.74) is 8.55. The Bertz CT molecular complexity index is 1240. The summed E-state index contributed by atoms with van der Waals surface area (Å²) in [4.78, 5) is 29.3. The van der Waals surface area contributed by atoms with Gasteiger partial charge in [0.15, 0.2) is 5.78 Å². The van der Waals surface area contributed by atoms with E-state index in [1.54, 1.807) is 0 Å². The fourth-order valence-electron chi connectivity index (χ4n) is 2.90. The molecule has 0 spiro atoms. The molecule has 1 heterocycles. The molecule has 0 unspecified atom stereocenters. The van der Waals surface area contributed by atoms with Crippen LogP contribution >= 0.6 is 11.3 Å². The Hall–Kier alpha value is -2.92. The zero-order chi connectivity index (χ0) is 23.3. The molecule has 3 aromatic rings. The van der Waals surface area contributed by atoms with Crippen LogP contribution in [0.3, 0.4) is 0 Å². The number of nitrogens with two attached hydrogens (primary N) is 1. The van der Waals surface area contributed by atoms with Crippen molar-refractivity contribution in [3.8, 4) is 11.3 Å². The number of nitrogens with zero attached hydrogens (tertiary/aromatic N) is 2. The molecule has 0 saturated heterocycles. The van der Waals surface area contributed by atoms with E-state index in [2.05, 4.69) is 10.3 Å². The van der Waals surface area contributed by atoms with E-state index in [0.717, 1.165) is 21.1 Å². The number of Topliss-reactive ketones (excluding diaryl/α,β-unsaturated/α-hetero) is 1. The second kappa shape index (κ2) is 10.1. The van der Waals surface area contributed by atoms with Gasteiger partial charge in [0.2, 0.25) is 10.0 Å². The molecular weight excluding hydrogens is 448 g/mol. The Labute approximate surface area is 191 Å². The first-order valence-electron chi connectivity index (χ1n) is 9.77. The number of carbonyl (C=O) groups is 2. The average Bonchev–Trinajstić information content (AvgIpc) is 3.26. The number of thiazole rings is 1. The minimum atomic E-state index is -3.66. The zero-order valence-corrected chi connectivity index (χ0v) is 19.4. The molecule has 168 valence electrons. The SMILES string of the molecule is CN(C)S(=O)(=O)c1cccc(C(=O)NCC(=O)Cc2nc(-c3cccc(CN)c3)cs2)c1. The number of hydrogen-bond donors (Lipinski definition) is 2. The molecule has 1 amide bonds. The molecule has 8 nitrogen and oxygen atoms in total. The number of ketones is 1. The van der Waals surface area contributed by atoms with Crippen LogP contribution in [0.4, 0.5) is 0 Å². The quantitative estimate of drug-likeness (QED) is 0.492. The van der Waals surface area contributed by atoms with Crippen LogP contribution in [0.5, 0.6) is 0 Å². The van der Waals surface area contributed by atoms with E-state index in [9.17, 15) is 18.0 Å². The Morgan fingerprint density at radius 2 is 1.88 bits per heavy atom. The third-order valence-corrected chi connectivity index (χ3v) is 7.34. The summed E-state index contributed by atoms with van der Waals surface area (Å²) in [6, 6.07) is 13.4. The van der Waals surface area contributed by atoms with Crippen LogP contribution in [-0.2, 0) is 27.8 Å². The monoisotopic (exact) mass is 472 g/mol. The summed E-state index contributed by atoms with van der Waals surface area (Å²) >= 11 is 1.38. The lowest BCUT2D eigenvalue weighted by Gasteiger charge is -2.12. The van der Waals surface area contributed by atoms with Crippen LogP contribution in [0.2, 0.25) is 0 Å². The second-order valence-corrected chi connectivity index (χ2v) is 10.3. The molecule has 0 radical (unpaired) electrons. The maximum Gasteiger partial charge on any atom is 0.251 e. The fourth-order valence-corrected chi connectivity index (χ4v) is 4.68. The van der Waals surface area contributed by atoms with E-state index in [-0.39, 0.29) is 29.2 Å². The van der Waals surface area contributed by atoms with Gasteiger partial charge in [0.05, 0.1) is 23.6 Å². The van der Waals surface area contributed by atoms with Gasteiger partial charge in [-0.05, 0) is 29.8 Å². The van der Waals surface area contributed by atoms with Crippen LogP contribution in [0.15, 0.2) is 58.8 Å². The molecule has 0 aliphatic heterocycles. The molecule has 0 bridgehead atoms. The molecular formula is C22H24N4O4S2. The Balaban J connectivity index is 1.60. The van der Waals surface area contributed by atoms with Crippen molar-refractivity contribution in [2.45, 2.75) is 17.9 Å². The van der Waals surface area contributed by atoms with Gasteiger partial charge >= 0.3 is 0 Å². The molecule has 2 aromatic carbocycles. The van der Waals surface area contributed by atoms with Gasteiger partial charge in [0, 0.05) is 37.1 Å². The number of amides is 1. The van der Waals surface area contributed by atoms with Crippen molar-refractivity contribution in [1.29, 1.82) is 0 Å². The van der Waals surface area contributed by atoms with Gasteiger partial charge in [-0.3, -0.25) is 9.59 Å². The smallest absolute Gasteiger partial charge is 0.251 e. The topological polar surface area (TPSA) is 122 Å². The summed E-state index contributed by atoms with van der Waals surface area (Å²) in [6.45, 7) is 0.258. The molecule has 3 N–H and O–H groups in total. The van der Waals surface area contributed by atoms with Gasteiger partial charge in [-0.25, -0.2) is 17.7 Å². The highest BCUT2D eigenvalue weighted by atomic mass is 32.2. The summed E-state index contributed by atoms with van der Waals surface area (Å²) in [7, 11) is -0.825. The molecule has 10 heteroatoms. The number of hydrogen-bond acceptors (Lipinski definition) is 7. The highest BCUT2D eigenvalue weighted by molar-refractivity contribution is 7.89. The molecule has 32 heavy (non-hydrogen) atoms. The zero-order valence-electron chi connectivity index (χ0n) is 17.7. The lowest BCUT2D eigenvalue weighted by atomic mass is 10.1. The highest BCUT2D eigenvalue weighted by Gasteiger charge is 2.19. The molecule has 0 atom stereocenters. The first kappa shape index (κ1) is 23.7. The van der Waals surface area contributed by atoms with Crippen LogP contribution in [0, 0.1) is 0 Å². The van der Waals surface area contributed by atoms with Crippen LogP contribution in [0.25, 0.3) is 11.3 Å². The number of aromatic nitrogens is 1. The molecule has 3 rings (SSSR count). The van der Waals surface area contributed by atoms with Crippen LogP contribution < -0.4 is 11.1 Å². The number of sulfonamides is 1. The molecule has 0 aliphatic carbocycles. The summed E-state index contributed by atoms with van der Waals surface area (Å²) in [6.07, 6.45) is 0.0938. The second-order valence-electron chi connectivity index (χ2n) is 7.24. The van der Waals surface area contributed by atoms with E-state index in [1.807, 2.05) is 29.6 Å². The normalized spacial score (nSPS) is 11.5. The van der Waals surface area contributed by atoms with Gasteiger partial charge in [0.1, 0.15) is 5.01 Å². The van der Waals surface area contributed by atoms with E-state index in [1.165, 1.54) is 49.7 Å². The fraction of sp³-hybridized carbons (Fsp3) is 0.227. The maximum absolute atomic E-state index is 12.4. The van der Waals surface area contributed by atoms with Crippen molar-refractivity contribution < 1.29 is 18.0 Å². The maximum atomic E-state index is 12.4. The summed E-state index contributed by atoms with van der Waals surface area (Å²) in [5.74, 6) is -0.723. The summed E-state index contributed by atoms with van der Waals surface area (Å²) in [5, 5.41) is 5.08. The van der Waals surface area contributed by atoms with Gasteiger partial charge in [-0.2, -0.15) is 0 Å². The first-order chi connectivity index (χ1) is 15.2. The number of carbonyl (C=O) groups excluding carboxylic acids is 2. The number of benzene rings is 2. The predicted octanol–water partition coefficient (Wildman–Crippen LogP) is 2.06. The minimum Gasteiger partial charge on any atom is -0.345 e. The average molecular weight is 473 g/mol. The van der Waals surface area contributed by atoms with Crippen molar-refractivity contribution in [3.63, 3.8) is 0 Å². The van der Waals surface area contributed by atoms with Crippen molar-refractivity contribution in [2.24, 2.45) is 5.73 Å². The molecule has 1 aromatic heterocycles. The minimum absolute atomic E-state index is 0.00972. The molecule has 0 fully saturated rings. The third kappa shape index (κ3) is 5.65. The molecule has 0 aliphatic rings. The van der Waals surface area contributed by atoms with Crippen LogP contribution in [-0.4, -0.2) is 50.0 Å². The summed E-state index contributed by atoms with van der Waals surface area (Å²) < 4.78 is 25.6. The lowest BCUT2D eigenvalue weighted by Crippen LogP contribution is -2.30. The van der Waals surface area contributed by atoms with Gasteiger partial charge in [-0.1, -0.05) is 24.3 Å². The van der Waals surface area contributed by atoms with Gasteiger partial charge in [-0.15, -0.1) is 11.3 Å². The van der Waals surface area contributed by atoms with Crippen LogP contribution in [0.1, 0.15) is 20.9 Å². The standard InChI is InChI=1S/C22H24N4O4S2/c1-26(2)32(29,30)19-8-4-7-17(10-19)22(28)24-13-18(27)11-21-25-20(14-31-21)16-6-3-5-15(9-16)12-23/h3-10,14H,11-13,23H2,1-2H3,(H,24,28). The largest absolute Gasteiger partial charge is 0.345 e. The lowest BCUT2D eigenvalue weighted by molar-refractivity contribution is -0.117. The van der Waals surface area contributed by atoms with E-state index in [0.29, 0.717) is 11.6 Å². The Kier molecular flexibility index (Phi) is 7.52. The van der Waals surface area contributed by atoms with E-state index < -0.39 is 15.9 Å². The van der Waals surface area contributed by atoms with Crippen molar-refractivity contribution in [2.75, 3.05) is 20.6 Å². The van der Waals surface area contributed by atoms with Crippen molar-refractivity contribution >= 4 is 33.1 Å². The highest BCUT2D eigenvalue weighted by Crippen LogP contribution is 2.23. The predicted molar refractivity (Wildman–Crippen MR) is 124 cm³/mol. The number of nitrogens with one attached hydrogen (secondary N) is 1. The van der Waals surface area contributed by atoms with Crippen molar-refractivity contribution in [3.05, 3.63) is 70.0 Å². The van der Waals surface area contributed by atoms with Crippen molar-refractivity contribution in [1.82, 2.24) is 14.6 Å². The Morgan fingerprint density at radius 1 is 1.12 bits per heavy atom. The van der Waals surface area contributed by atoms with Gasteiger partial charge < -0.3 is 11.1 Å².